The van der Waals surface area contributed by atoms with Gasteiger partial charge in [0.05, 0.1) is 11.5 Å². The van der Waals surface area contributed by atoms with E-state index in [2.05, 4.69) is 10.3 Å². The van der Waals surface area contributed by atoms with Crippen molar-refractivity contribution < 1.29 is 4.79 Å². The molecule has 1 N–H and O–H groups in total. The highest BCUT2D eigenvalue weighted by atomic mass is 35.5. The third kappa shape index (κ3) is 2.79. The molecule has 1 amide bonds. The molecule has 1 aliphatic heterocycles. The second-order valence-corrected chi connectivity index (χ2v) is 4.89. The molecule has 0 spiro atoms. The maximum absolute atomic E-state index is 11.7. The maximum atomic E-state index is 11.7. The van der Waals surface area contributed by atoms with Crippen molar-refractivity contribution in [3.8, 4) is 6.07 Å². The molecule has 1 aromatic rings. The first-order valence-electron chi connectivity index (χ1n) is 6.18. The van der Waals surface area contributed by atoms with Gasteiger partial charge in [-0.3, -0.25) is 4.79 Å². The molecule has 0 bridgehead atoms. The van der Waals surface area contributed by atoms with Crippen LogP contribution in [0.1, 0.15) is 18.4 Å². The summed E-state index contributed by atoms with van der Waals surface area (Å²) >= 11 is 6.18. The zero-order valence-corrected chi connectivity index (χ0v) is 11.4. The monoisotopic (exact) mass is 278 g/mol. The predicted molar refractivity (Wildman–Crippen MR) is 73.0 cm³/mol. The lowest BCUT2D eigenvalue weighted by Gasteiger charge is -2.33. The van der Waals surface area contributed by atoms with Crippen LogP contribution in [-0.2, 0) is 4.79 Å². The molecule has 1 aromatic heterocycles. The smallest absolute Gasteiger partial charge is 0.224 e. The Morgan fingerprint density at radius 3 is 3.16 bits per heavy atom. The van der Waals surface area contributed by atoms with Crippen molar-refractivity contribution in [1.82, 2.24) is 10.3 Å². The van der Waals surface area contributed by atoms with Crippen LogP contribution >= 0.6 is 11.6 Å². The average molecular weight is 279 g/mol. The Morgan fingerprint density at radius 2 is 2.47 bits per heavy atom. The SMILES string of the molecule is CNC(=O)C1CCCN(c2nccc(C#N)c2Cl)C1. The van der Waals surface area contributed by atoms with Crippen molar-refractivity contribution in [1.29, 1.82) is 5.26 Å². The van der Waals surface area contributed by atoms with Crippen LogP contribution in [0.5, 0.6) is 0 Å². The van der Waals surface area contributed by atoms with E-state index in [1.807, 2.05) is 11.0 Å². The zero-order valence-electron chi connectivity index (χ0n) is 10.7. The zero-order chi connectivity index (χ0) is 13.8. The van der Waals surface area contributed by atoms with Crippen molar-refractivity contribution in [2.45, 2.75) is 12.8 Å². The number of anilines is 1. The summed E-state index contributed by atoms with van der Waals surface area (Å²) in [7, 11) is 1.64. The van der Waals surface area contributed by atoms with Crippen molar-refractivity contribution in [3.63, 3.8) is 0 Å². The van der Waals surface area contributed by atoms with Crippen molar-refractivity contribution >= 4 is 23.3 Å². The van der Waals surface area contributed by atoms with E-state index in [-0.39, 0.29) is 11.8 Å². The van der Waals surface area contributed by atoms with Crippen molar-refractivity contribution in [2.24, 2.45) is 5.92 Å². The minimum absolute atomic E-state index is 0.0391. The Labute approximate surface area is 117 Å². The second kappa shape index (κ2) is 5.89. The first kappa shape index (κ1) is 13.6. The quantitative estimate of drug-likeness (QED) is 0.891. The van der Waals surface area contributed by atoms with Crippen LogP contribution < -0.4 is 10.2 Å². The number of nitrogens with one attached hydrogen (secondary N) is 1. The maximum Gasteiger partial charge on any atom is 0.224 e. The van der Waals surface area contributed by atoms with Gasteiger partial charge in [0.15, 0.2) is 0 Å². The molecule has 1 unspecified atom stereocenters. The van der Waals surface area contributed by atoms with Gasteiger partial charge in [-0.15, -0.1) is 0 Å². The fourth-order valence-corrected chi connectivity index (χ4v) is 2.60. The van der Waals surface area contributed by atoms with Gasteiger partial charge in [0, 0.05) is 26.3 Å². The molecule has 5 nitrogen and oxygen atoms in total. The Kier molecular flexibility index (Phi) is 4.23. The lowest BCUT2D eigenvalue weighted by atomic mass is 9.97. The highest BCUT2D eigenvalue weighted by molar-refractivity contribution is 6.34. The molecule has 1 fully saturated rings. The van der Waals surface area contributed by atoms with Crippen LogP contribution in [0, 0.1) is 17.2 Å². The summed E-state index contributed by atoms with van der Waals surface area (Å²) < 4.78 is 0. The first-order chi connectivity index (χ1) is 9.17. The molecule has 1 saturated heterocycles. The Balaban J connectivity index is 2.23. The third-order valence-corrected chi connectivity index (χ3v) is 3.70. The van der Waals surface area contributed by atoms with E-state index in [1.54, 1.807) is 19.3 Å². The number of rotatable bonds is 2. The number of amides is 1. The molecule has 100 valence electrons. The number of carbonyl (C=O) groups is 1. The summed E-state index contributed by atoms with van der Waals surface area (Å²) in [4.78, 5) is 17.9. The number of carbonyl (C=O) groups excluding carboxylic acids is 1. The predicted octanol–water partition coefficient (Wildman–Crippen LogP) is 1.57. The highest BCUT2D eigenvalue weighted by Crippen LogP contribution is 2.29. The number of nitrogens with zero attached hydrogens (tertiary/aromatic N) is 3. The van der Waals surface area contributed by atoms with Gasteiger partial charge in [0.1, 0.15) is 16.9 Å². The van der Waals surface area contributed by atoms with Crippen LogP contribution in [0.25, 0.3) is 0 Å². The second-order valence-electron chi connectivity index (χ2n) is 4.51. The molecule has 19 heavy (non-hydrogen) atoms. The molecule has 0 radical (unpaired) electrons. The van der Waals surface area contributed by atoms with E-state index in [1.165, 1.54) is 0 Å². The van der Waals surface area contributed by atoms with Crippen molar-refractivity contribution in [3.05, 3.63) is 22.8 Å². The lowest BCUT2D eigenvalue weighted by Crippen LogP contribution is -2.42. The first-order valence-corrected chi connectivity index (χ1v) is 6.56. The van der Waals surface area contributed by atoms with E-state index in [9.17, 15) is 4.79 Å². The fraction of sp³-hybridized carbons (Fsp3) is 0.462. The fourth-order valence-electron chi connectivity index (χ4n) is 2.33. The molecule has 0 aliphatic carbocycles. The van der Waals surface area contributed by atoms with Gasteiger partial charge in [-0.2, -0.15) is 5.26 Å². The van der Waals surface area contributed by atoms with Gasteiger partial charge in [-0.05, 0) is 18.9 Å². The van der Waals surface area contributed by atoms with Gasteiger partial charge in [-0.25, -0.2) is 4.98 Å². The van der Waals surface area contributed by atoms with Gasteiger partial charge >= 0.3 is 0 Å². The molecule has 0 saturated carbocycles. The van der Waals surface area contributed by atoms with E-state index in [0.717, 1.165) is 19.4 Å². The Morgan fingerprint density at radius 1 is 1.68 bits per heavy atom. The number of hydrogen-bond acceptors (Lipinski definition) is 4. The molecular weight excluding hydrogens is 264 g/mol. The van der Waals surface area contributed by atoms with Crippen LogP contribution in [0.2, 0.25) is 5.02 Å². The summed E-state index contributed by atoms with van der Waals surface area (Å²) in [6, 6.07) is 3.63. The van der Waals surface area contributed by atoms with Crippen molar-refractivity contribution in [2.75, 3.05) is 25.0 Å². The number of halogens is 1. The Bertz CT molecular complexity index is 526. The van der Waals surface area contributed by atoms with E-state index >= 15 is 0 Å². The molecule has 2 rings (SSSR count). The van der Waals surface area contributed by atoms with Crippen LogP contribution in [0.3, 0.4) is 0 Å². The van der Waals surface area contributed by atoms with Crippen LogP contribution in [0.15, 0.2) is 12.3 Å². The summed E-state index contributed by atoms with van der Waals surface area (Å²) in [5.41, 5.74) is 0.411. The van der Waals surface area contributed by atoms with E-state index in [4.69, 9.17) is 16.9 Å². The molecule has 6 heteroatoms. The van der Waals surface area contributed by atoms with E-state index < -0.39 is 0 Å². The number of nitriles is 1. The number of hydrogen-bond donors (Lipinski definition) is 1. The summed E-state index contributed by atoms with van der Waals surface area (Å²) in [6.45, 7) is 1.39. The summed E-state index contributed by atoms with van der Waals surface area (Å²) in [5, 5.41) is 12.0. The normalized spacial score (nSPS) is 18.8. The molecule has 1 atom stereocenters. The standard InChI is InChI=1S/C13H15ClN4O/c1-16-13(19)10-3-2-6-18(8-10)12-11(14)9(7-15)4-5-17-12/h4-5,10H,2-3,6,8H2,1H3,(H,16,19). The minimum Gasteiger partial charge on any atom is -0.359 e. The summed E-state index contributed by atoms with van der Waals surface area (Å²) in [5.74, 6) is 0.578. The van der Waals surface area contributed by atoms with Gasteiger partial charge in [0.2, 0.25) is 5.91 Å². The highest BCUT2D eigenvalue weighted by Gasteiger charge is 2.27. The average Bonchev–Trinajstić information content (AvgIpc) is 2.46. The van der Waals surface area contributed by atoms with Crippen LogP contribution in [-0.4, -0.2) is 31.0 Å². The van der Waals surface area contributed by atoms with Gasteiger partial charge in [0.25, 0.3) is 0 Å². The van der Waals surface area contributed by atoms with Gasteiger partial charge in [-0.1, -0.05) is 11.6 Å². The number of aromatic nitrogens is 1. The molecule has 0 aromatic carbocycles. The Hall–Kier alpha value is -1.80. The van der Waals surface area contributed by atoms with E-state index in [0.29, 0.717) is 22.9 Å². The topological polar surface area (TPSA) is 69.0 Å². The lowest BCUT2D eigenvalue weighted by molar-refractivity contribution is -0.124. The summed E-state index contributed by atoms with van der Waals surface area (Å²) in [6.07, 6.45) is 3.35. The molecule has 1 aliphatic rings. The largest absolute Gasteiger partial charge is 0.359 e. The number of pyridine rings is 1. The minimum atomic E-state index is -0.0534. The molecular formula is C13H15ClN4O. The third-order valence-electron chi connectivity index (χ3n) is 3.33. The molecule has 2 heterocycles. The van der Waals surface area contributed by atoms with Gasteiger partial charge < -0.3 is 10.2 Å². The number of piperidine rings is 1. The van der Waals surface area contributed by atoms with Crippen LogP contribution in [0.4, 0.5) is 5.82 Å².